The number of methoxy groups -OCH3 is 1. The Hall–Kier alpha value is -3.76. The standard InChI is InChI=1S/C24H20N2O4S/c1-29-20-6-4-5-19(13-20)26-23(27)16-31-22-8-3-2-7-21(22)24(28)30-15-18-11-9-17(14-25)10-12-18/h2-13H,15-16H2,1H3,(H,26,27). The second-order valence-corrected chi connectivity index (χ2v) is 7.47. The molecule has 0 saturated carbocycles. The van der Waals surface area contributed by atoms with Gasteiger partial charge in [-0.3, -0.25) is 4.79 Å². The molecule has 0 atom stereocenters. The molecule has 0 bridgehead atoms. The van der Waals surface area contributed by atoms with E-state index in [1.807, 2.05) is 6.07 Å². The van der Waals surface area contributed by atoms with Crippen molar-refractivity contribution in [3.63, 3.8) is 0 Å². The predicted molar refractivity (Wildman–Crippen MR) is 119 cm³/mol. The Bertz CT molecular complexity index is 1110. The molecular formula is C24H20N2O4S. The van der Waals surface area contributed by atoms with Crippen molar-refractivity contribution in [1.82, 2.24) is 0 Å². The zero-order valence-electron chi connectivity index (χ0n) is 16.8. The fraction of sp³-hybridized carbons (Fsp3) is 0.125. The highest BCUT2D eigenvalue weighted by molar-refractivity contribution is 8.00. The molecule has 3 rings (SSSR count). The number of benzene rings is 3. The van der Waals surface area contributed by atoms with E-state index in [9.17, 15) is 9.59 Å². The molecule has 0 saturated heterocycles. The predicted octanol–water partition coefficient (Wildman–Crippen LogP) is 4.65. The number of nitrogens with zero attached hydrogens (tertiary/aromatic N) is 1. The number of anilines is 1. The molecular weight excluding hydrogens is 412 g/mol. The largest absolute Gasteiger partial charge is 0.497 e. The summed E-state index contributed by atoms with van der Waals surface area (Å²) in [5.74, 6) is 0.123. The van der Waals surface area contributed by atoms with Gasteiger partial charge in [-0.25, -0.2) is 4.79 Å². The van der Waals surface area contributed by atoms with E-state index in [1.165, 1.54) is 11.8 Å². The van der Waals surface area contributed by atoms with Crippen LogP contribution in [0.3, 0.4) is 0 Å². The van der Waals surface area contributed by atoms with Crippen molar-refractivity contribution in [2.24, 2.45) is 0 Å². The highest BCUT2D eigenvalue weighted by Gasteiger charge is 2.14. The molecule has 0 aromatic heterocycles. The fourth-order valence-corrected chi connectivity index (χ4v) is 3.54. The fourth-order valence-electron chi connectivity index (χ4n) is 2.70. The van der Waals surface area contributed by atoms with Crippen molar-refractivity contribution in [2.75, 3.05) is 18.2 Å². The van der Waals surface area contributed by atoms with Crippen LogP contribution in [0.2, 0.25) is 0 Å². The van der Waals surface area contributed by atoms with E-state index in [4.69, 9.17) is 14.7 Å². The summed E-state index contributed by atoms with van der Waals surface area (Å²) in [5, 5.41) is 11.7. The molecule has 0 radical (unpaired) electrons. The van der Waals surface area contributed by atoms with Crippen LogP contribution < -0.4 is 10.1 Å². The highest BCUT2D eigenvalue weighted by Crippen LogP contribution is 2.24. The van der Waals surface area contributed by atoms with Crippen LogP contribution >= 0.6 is 11.8 Å². The van der Waals surface area contributed by atoms with Crippen molar-refractivity contribution >= 4 is 29.3 Å². The average molecular weight is 433 g/mol. The number of ether oxygens (including phenoxy) is 2. The SMILES string of the molecule is COc1cccc(NC(=O)CSc2ccccc2C(=O)OCc2ccc(C#N)cc2)c1. The quantitative estimate of drug-likeness (QED) is 0.412. The first-order valence-corrected chi connectivity index (χ1v) is 10.4. The van der Waals surface area contributed by atoms with Gasteiger partial charge < -0.3 is 14.8 Å². The number of thioether (sulfide) groups is 1. The number of amides is 1. The molecule has 31 heavy (non-hydrogen) atoms. The van der Waals surface area contributed by atoms with Crippen molar-refractivity contribution in [2.45, 2.75) is 11.5 Å². The van der Waals surface area contributed by atoms with Crippen LogP contribution in [-0.4, -0.2) is 24.7 Å². The molecule has 7 heteroatoms. The third-order valence-corrected chi connectivity index (χ3v) is 5.35. The Labute approximate surface area is 184 Å². The minimum Gasteiger partial charge on any atom is -0.497 e. The molecule has 1 amide bonds. The van der Waals surface area contributed by atoms with Gasteiger partial charge in [0.25, 0.3) is 0 Å². The number of rotatable bonds is 8. The number of hydrogen-bond acceptors (Lipinski definition) is 6. The van der Waals surface area contributed by atoms with Crippen LogP contribution in [0.15, 0.2) is 77.7 Å². The van der Waals surface area contributed by atoms with Gasteiger partial charge in [0.2, 0.25) is 5.91 Å². The Morgan fingerprint density at radius 3 is 2.55 bits per heavy atom. The number of nitrogens with one attached hydrogen (secondary N) is 1. The summed E-state index contributed by atoms with van der Waals surface area (Å²) in [6.07, 6.45) is 0. The van der Waals surface area contributed by atoms with Crippen LogP contribution in [0.1, 0.15) is 21.5 Å². The smallest absolute Gasteiger partial charge is 0.339 e. The monoisotopic (exact) mass is 432 g/mol. The van der Waals surface area contributed by atoms with Crippen LogP contribution in [0, 0.1) is 11.3 Å². The van der Waals surface area contributed by atoms with Gasteiger partial charge in [-0.05, 0) is 42.0 Å². The van der Waals surface area contributed by atoms with Gasteiger partial charge in [-0.2, -0.15) is 5.26 Å². The lowest BCUT2D eigenvalue weighted by atomic mass is 10.1. The molecule has 6 nitrogen and oxygen atoms in total. The van der Waals surface area contributed by atoms with E-state index in [0.717, 1.165) is 5.56 Å². The molecule has 0 aliphatic heterocycles. The molecule has 1 N–H and O–H groups in total. The van der Waals surface area contributed by atoms with E-state index in [1.54, 1.807) is 79.9 Å². The molecule has 0 aliphatic rings. The number of carbonyl (C=O) groups is 2. The maximum absolute atomic E-state index is 12.6. The topological polar surface area (TPSA) is 88.4 Å². The Morgan fingerprint density at radius 1 is 1.03 bits per heavy atom. The molecule has 0 unspecified atom stereocenters. The van der Waals surface area contributed by atoms with Gasteiger partial charge in [0.05, 0.1) is 30.1 Å². The van der Waals surface area contributed by atoms with E-state index < -0.39 is 5.97 Å². The van der Waals surface area contributed by atoms with Crippen molar-refractivity contribution in [3.8, 4) is 11.8 Å². The van der Waals surface area contributed by atoms with E-state index >= 15 is 0 Å². The summed E-state index contributed by atoms with van der Waals surface area (Å²) < 4.78 is 10.6. The van der Waals surface area contributed by atoms with Gasteiger partial charge in [0.15, 0.2) is 0 Å². The zero-order valence-corrected chi connectivity index (χ0v) is 17.6. The number of hydrogen-bond donors (Lipinski definition) is 1. The summed E-state index contributed by atoms with van der Waals surface area (Å²) >= 11 is 1.26. The molecule has 0 fully saturated rings. The van der Waals surface area contributed by atoms with Crippen molar-refractivity contribution in [1.29, 1.82) is 5.26 Å². The summed E-state index contributed by atoms with van der Waals surface area (Å²) in [4.78, 5) is 25.5. The minimum absolute atomic E-state index is 0.0971. The van der Waals surface area contributed by atoms with Gasteiger partial charge in [-0.15, -0.1) is 11.8 Å². The Kier molecular flexibility index (Phi) is 7.68. The normalized spacial score (nSPS) is 10.1. The summed E-state index contributed by atoms with van der Waals surface area (Å²) in [6, 6.07) is 23.0. The zero-order chi connectivity index (χ0) is 22.1. The van der Waals surface area contributed by atoms with Gasteiger partial charge >= 0.3 is 5.97 Å². The van der Waals surface area contributed by atoms with Gasteiger partial charge in [0, 0.05) is 16.6 Å². The highest BCUT2D eigenvalue weighted by atomic mass is 32.2. The molecule has 3 aromatic rings. The van der Waals surface area contributed by atoms with Crippen LogP contribution in [0.4, 0.5) is 5.69 Å². The Balaban J connectivity index is 1.58. The minimum atomic E-state index is -0.472. The van der Waals surface area contributed by atoms with E-state index in [0.29, 0.717) is 27.5 Å². The van der Waals surface area contributed by atoms with E-state index in [-0.39, 0.29) is 18.3 Å². The first kappa shape index (κ1) is 21.9. The number of nitriles is 1. The van der Waals surface area contributed by atoms with Gasteiger partial charge in [-0.1, -0.05) is 30.3 Å². The second kappa shape index (κ2) is 10.9. The van der Waals surface area contributed by atoms with Crippen molar-refractivity contribution in [3.05, 3.63) is 89.5 Å². The van der Waals surface area contributed by atoms with Crippen LogP contribution in [0.25, 0.3) is 0 Å². The summed E-state index contributed by atoms with van der Waals surface area (Å²) in [7, 11) is 1.56. The van der Waals surface area contributed by atoms with E-state index in [2.05, 4.69) is 5.32 Å². The lowest BCUT2D eigenvalue weighted by Gasteiger charge is -2.10. The van der Waals surface area contributed by atoms with Crippen molar-refractivity contribution < 1.29 is 19.1 Å². The van der Waals surface area contributed by atoms with Gasteiger partial charge in [0.1, 0.15) is 12.4 Å². The third-order valence-electron chi connectivity index (χ3n) is 4.27. The molecule has 156 valence electrons. The summed E-state index contributed by atoms with van der Waals surface area (Å²) in [6.45, 7) is 0.0971. The number of carbonyl (C=O) groups excluding carboxylic acids is 2. The first-order valence-electron chi connectivity index (χ1n) is 9.41. The number of esters is 1. The molecule has 0 heterocycles. The molecule has 0 spiro atoms. The summed E-state index contributed by atoms with van der Waals surface area (Å²) in [5.41, 5.74) is 2.37. The lowest BCUT2D eigenvalue weighted by Crippen LogP contribution is -2.14. The third kappa shape index (κ3) is 6.36. The maximum atomic E-state index is 12.6. The lowest BCUT2D eigenvalue weighted by molar-refractivity contribution is -0.113. The van der Waals surface area contributed by atoms with Crippen LogP contribution in [-0.2, 0) is 16.1 Å². The maximum Gasteiger partial charge on any atom is 0.339 e. The second-order valence-electron chi connectivity index (χ2n) is 6.45. The van der Waals surface area contributed by atoms with Crippen LogP contribution in [0.5, 0.6) is 5.75 Å². The molecule has 0 aliphatic carbocycles. The Morgan fingerprint density at radius 2 is 1.81 bits per heavy atom. The first-order chi connectivity index (χ1) is 15.1. The molecule has 3 aromatic carbocycles. The average Bonchev–Trinajstić information content (AvgIpc) is 2.81.